The number of carbonyl (C=O) groups is 1. The van der Waals surface area contributed by atoms with Crippen LogP contribution in [0.25, 0.3) is 17.1 Å². The van der Waals surface area contributed by atoms with Crippen molar-refractivity contribution in [1.82, 2.24) is 19.7 Å². The molecular formula is C21H21FN4O2S. The minimum Gasteiger partial charge on any atom is -0.378 e. The van der Waals surface area contributed by atoms with Crippen LogP contribution in [0.5, 0.6) is 0 Å². The Labute approximate surface area is 172 Å². The van der Waals surface area contributed by atoms with Crippen LogP contribution in [0.2, 0.25) is 0 Å². The van der Waals surface area contributed by atoms with Crippen molar-refractivity contribution in [3.63, 3.8) is 0 Å². The number of amides is 1. The average molecular weight is 412 g/mol. The van der Waals surface area contributed by atoms with Gasteiger partial charge in [0.25, 0.3) is 0 Å². The van der Waals surface area contributed by atoms with Crippen molar-refractivity contribution in [3.05, 3.63) is 60.4 Å². The molecule has 1 saturated heterocycles. The second kappa shape index (κ2) is 8.75. The molecule has 0 spiro atoms. The van der Waals surface area contributed by atoms with Gasteiger partial charge in [0.1, 0.15) is 5.82 Å². The molecule has 1 aliphatic rings. The molecule has 1 aromatic heterocycles. The quantitative estimate of drug-likeness (QED) is 0.601. The molecular weight excluding hydrogens is 391 g/mol. The van der Waals surface area contributed by atoms with Crippen LogP contribution in [0.1, 0.15) is 6.92 Å². The molecule has 150 valence electrons. The van der Waals surface area contributed by atoms with Crippen molar-refractivity contribution >= 4 is 17.7 Å². The number of benzene rings is 2. The Hall–Kier alpha value is -2.71. The lowest BCUT2D eigenvalue weighted by Gasteiger charge is -2.28. The van der Waals surface area contributed by atoms with Crippen LogP contribution in [-0.4, -0.2) is 57.1 Å². The van der Waals surface area contributed by atoms with Gasteiger partial charge in [-0.3, -0.25) is 9.36 Å². The SMILES string of the molecule is CC(Sc1nnc(-c2ccccc2)n1-c1ccc(F)cc1)C(=O)N1CCOCC1. The van der Waals surface area contributed by atoms with Gasteiger partial charge in [-0.25, -0.2) is 4.39 Å². The van der Waals surface area contributed by atoms with Crippen molar-refractivity contribution in [1.29, 1.82) is 0 Å². The van der Waals surface area contributed by atoms with Crippen molar-refractivity contribution in [3.8, 4) is 17.1 Å². The predicted octanol–water partition coefficient (Wildman–Crippen LogP) is 3.41. The van der Waals surface area contributed by atoms with Crippen LogP contribution < -0.4 is 0 Å². The summed E-state index contributed by atoms with van der Waals surface area (Å²) >= 11 is 1.35. The number of halogens is 1. The first kappa shape index (κ1) is 19.6. The molecule has 0 aliphatic carbocycles. The van der Waals surface area contributed by atoms with Crippen LogP contribution in [0, 0.1) is 5.82 Å². The Balaban J connectivity index is 1.67. The van der Waals surface area contributed by atoms with E-state index in [1.54, 1.807) is 12.1 Å². The largest absolute Gasteiger partial charge is 0.378 e. The molecule has 1 unspecified atom stereocenters. The highest BCUT2D eigenvalue weighted by atomic mass is 32.2. The van der Waals surface area contributed by atoms with Gasteiger partial charge in [-0.2, -0.15) is 0 Å². The van der Waals surface area contributed by atoms with Crippen LogP contribution in [-0.2, 0) is 9.53 Å². The number of hydrogen-bond acceptors (Lipinski definition) is 5. The number of nitrogens with zero attached hydrogens (tertiary/aromatic N) is 4. The molecule has 2 aromatic carbocycles. The Kier molecular flexibility index (Phi) is 5.92. The van der Waals surface area contributed by atoms with E-state index in [-0.39, 0.29) is 17.0 Å². The first-order chi connectivity index (χ1) is 14.1. The van der Waals surface area contributed by atoms with Crippen molar-refractivity contribution in [2.45, 2.75) is 17.3 Å². The number of rotatable bonds is 5. The summed E-state index contributed by atoms with van der Waals surface area (Å²) < 4.78 is 20.7. The maximum atomic E-state index is 13.5. The van der Waals surface area contributed by atoms with Crippen molar-refractivity contribution < 1.29 is 13.9 Å². The first-order valence-corrected chi connectivity index (χ1v) is 10.3. The third-order valence-corrected chi connectivity index (χ3v) is 5.73. The van der Waals surface area contributed by atoms with E-state index in [9.17, 15) is 9.18 Å². The lowest BCUT2D eigenvalue weighted by molar-refractivity contribution is -0.134. The van der Waals surface area contributed by atoms with E-state index < -0.39 is 0 Å². The molecule has 1 atom stereocenters. The second-order valence-electron chi connectivity index (χ2n) is 6.68. The minimum absolute atomic E-state index is 0.0493. The van der Waals surface area contributed by atoms with E-state index in [4.69, 9.17) is 4.74 Å². The summed E-state index contributed by atoms with van der Waals surface area (Å²) in [6.07, 6.45) is 0. The summed E-state index contributed by atoms with van der Waals surface area (Å²) in [6.45, 7) is 4.20. The molecule has 2 heterocycles. The summed E-state index contributed by atoms with van der Waals surface area (Å²) in [5, 5.41) is 8.96. The molecule has 3 aromatic rings. The van der Waals surface area contributed by atoms with E-state index in [1.165, 1.54) is 23.9 Å². The molecule has 1 fully saturated rings. The van der Waals surface area contributed by atoms with Gasteiger partial charge in [0.15, 0.2) is 11.0 Å². The van der Waals surface area contributed by atoms with Crippen LogP contribution >= 0.6 is 11.8 Å². The first-order valence-electron chi connectivity index (χ1n) is 9.43. The monoisotopic (exact) mass is 412 g/mol. The van der Waals surface area contributed by atoms with Crippen LogP contribution in [0.15, 0.2) is 59.8 Å². The Bertz CT molecular complexity index is 972. The molecule has 0 N–H and O–H groups in total. The third kappa shape index (κ3) is 4.33. The molecule has 29 heavy (non-hydrogen) atoms. The van der Waals surface area contributed by atoms with Gasteiger partial charge < -0.3 is 9.64 Å². The van der Waals surface area contributed by atoms with Gasteiger partial charge in [0.05, 0.1) is 18.5 Å². The molecule has 0 saturated carbocycles. The molecule has 0 bridgehead atoms. The van der Waals surface area contributed by atoms with E-state index in [2.05, 4.69) is 10.2 Å². The van der Waals surface area contributed by atoms with Gasteiger partial charge in [-0.05, 0) is 31.2 Å². The standard InChI is InChI=1S/C21H21FN4O2S/c1-15(20(27)25-11-13-28-14-12-25)29-21-24-23-19(16-5-3-2-4-6-16)26(21)18-9-7-17(22)8-10-18/h2-10,15H,11-14H2,1H3. The van der Waals surface area contributed by atoms with Gasteiger partial charge >= 0.3 is 0 Å². The highest BCUT2D eigenvalue weighted by Crippen LogP contribution is 2.30. The van der Waals surface area contributed by atoms with Crippen LogP contribution in [0.3, 0.4) is 0 Å². The number of ether oxygens (including phenoxy) is 1. The maximum Gasteiger partial charge on any atom is 0.236 e. The topological polar surface area (TPSA) is 60.2 Å². The Morgan fingerprint density at radius 2 is 1.76 bits per heavy atom. The van der Waals surface area contributed by atoms with Gasteiger partial charge in [0, 0.05) is 24.3 Å². The smallest absolute Gasteiger partial charge is 0.236 e. The fourth-order valence-corrected chi connectivity index (χ4v) is 4.14. The summed E-state index contributed by atoms with van der Waals surface area (Å²) in [6, 6.07) is 15.9. The molecule has 1 amide bonds. The second-order valence-corrected chi connectivity index (χ2v) is 7.99. The van der Waals surface area contributed by atoms with E-state index in [1.807, 2.05) is 46.7 Å². The summed E-state index contributed by atoms with van der Waals surface area (Å²) in [7, 11) is 0. The van der Waals surface area contributed by atoms with Gasteiger partial charge in [0.2, 0.25) is 5.91 Å². The van der Waals surface area contributed by atoms with E-state index in [0.29, 0.717) is 37.3 Å². The summed E-state index contributed by atoms with van der Waals surface area (Å²) in [4.78, 5) is 14.6. The number of aromatic nitrogens is 3. The zero-order chi connectivity index (χ0) is 20.2. The van der Waals surface area contributed by atoms with Crippen LogP contribution in [0.4, 0.5) is 4.39 Å². The Morgan fingerprint density at radius 3 is 2.45 bits per heavy atom. The third-order valence-electron chi connectivity index (χ3n) is 4.70. The summed E-state index contributed by atoms with van der Waals surface area (Å²) in [5.74, 6) is 0.382. The lowest BCUT2D eigenvalue weighted by atomic mass is 10.2. The fraction of sp³-hybridized carbons (Fsp3) is 0.286. The number of carbonyl (C=O) groups excluding carboxylic acids is 1. The zero-order valence-electron chi connectivity index (χ0n) is 16.0. The Morgan fingerprint density at radius 1 is 1.07 bits per heavy atom. The molecule has 0 radical (unpaired) electrons. The highest BCUT2D eigenvalue weighted by molar-refractivity contribution is 8.00. The van der Waals surface area contributed by atoms with E-state index >= 15 is 0 Å². The predicted molar refractivity (Wildman–Crippen MR) is 109 cm³/mol. The molecule has 8 heteroatoms. The van der Waals surface area contributed by atoms with Gasteiger partial charge in [-0.1, -0.05) is 42.1 Å². The minimum atomic E-state index is -0.333. The summed E-state index contributed by atoms with van der Waals surface area (Å²) in [5.41, 5.74) is 1.63. The molecule has 4 rings (SSSR count). The number of morpholine rings is 1. The van der Waals surface area contributed by atoms with E-state index in [0.717, 1.165) is 11.3 Å². The number of thioether (sulfide) groups is 1. The van der Waals surface area contributed by atoms with Gasteiger partial charge in [-0.15, -0.1) is 10.2 Å². The zero-order valence-corrected chi connectivity index (χ0v) is 16.8. The van der Waals surface area contributed by atoms with Crippen molar-refractivity contribution in [2.75, 3.05) is 26.3 Å². The number of hydrogen-bond donors (Lipinski definition) is 0. The maximum absolute atomic E-state index is 13.5. The molecule has 1 aliphatic heterocycles. The normalized spacial score (nSPS) is 15.3. The molecule has 6 nitrogen and oxygen atoms in total. The van der Waals surface area contributed by atoms with Crippen molar-refractivity contribution in [2.24, 2.45) is 0 Å². The average Bonchev–Trinajstić information content (AvgIpc) is 3.18. The highest BCUT2D eigenvalue weighted by Gasteiger charge is 2.26. The fourth-order valence-electron chi connectivity index (χ4n) is 3.19. The lowest BCUT2D eigenvalue weighted by Crippen LogP contribution is -2.44.